The molecule has 1 aromatic heterocycles. The van der Waals surface area contributed by atoms with E-state index in [4.69, 9.17) is 36.8 Å². The van der Waals surface area contributed by atoms with Gasteiger partial charge in [-0.25, -0.2) is 0 Å². The van der Waals surface area contributed by atoms with Gasteiger partial charge in [-0.15, -0.1) is 6.42 Å². The lowest BCUT2D eigenvalue weighted by molar-refractivity contribution is 0.299. The van der Waals surface area contributed by atoms with Crippen molar-refractivity contribution in [1.29, 1.82) is 0 Å². The number of rotatable bonds is 8. The van der Waals surface area contributed by atoms with Crippen molar-refractivity contribution in [2.45, 2.75) is 6.92 Å². The molecule has 3 aromatic rings. The molecule has 0 unspecified atom stereocenters. The zero-order valence-electron chi connectivity index (χ0n) is 16.0. The minimum absolute atomic E-state index is 0.159. The Labute approximate surface area is 174 Å². The molecule has 0 fully saturated rings. The minimum Gasteiger partial charge on any atom is -0.497 e. The van der Waals surface area contributed by atoms with Crippen LogP contribution >= 0.6 is 11.6 Å². The van der Waals surface area contributed by atoms with E-state index in [0.29, 0.717) is 29.0 Å². The number of ether oxygens (including phenoxy) is 3. The second-order valence-corrected chi connectivity index (χ2v) is 6.18. The molecule has 0 N–H and O–H groups in total. The van der Waals surface area contributed by atoms with Crippen molar-refractivity contribution in [2.24, 2.45) is 0 Å². The van der Waals surface area contributed by atoms with Gasteiger partial charge in [-0.05, 0) is 55.0 Å². The Kier molecular flexibility index (Phi) is 6.77. The maximum Gasteiger partial charge on any atom is 0.269 e. The molecular weight excluding hydrogens is 392 g/mol. The topological polar surface area (TPSA) is 66.6 Å². The summed E-state index contributed by atoms with van der Waals surface area (Å²) in [5.74, 6) is 4.96. The molecule has 148 valence electrons. The van der Waals surface area contributed by atoms with E-state index < -0.39 is 0 Å². The molecule has 0 atom stereocenters. The van der Waals surface area contributed by atoms with Crippen molar-refractivity contribution in [1.82, 2.24) is 10.1 Å². The summed E-state index contributed by atoms with van der Waals surface area (Å²) in [5, 5.41) is 4.29. The lowest BCUT2D eigenvalue weighted by atomic mass is 10.2. The molecule has 6 nitrogen and oxygen atoms in total. The van der Waals surface area contributed by atoms with Gasteiger partial charge in [-0.1, -0.05) is 28.7 Å². The van der Waals surface area contributed by atoms with Crippen molar-refractivity contribution >= 4 is 22.7 Å². The van der Waals surface area contributed by atoms with E-state index in [1.807, 2.05) is 37.3 Å². The molecule has 0 saturated heterocycles. The smallest absolute Gasteiger partial charge is 0.269 e. The molecule has 7 heteroatoms. The van der Waals surface area contributed by atoms with Crippen molar-refractivity contribution in [3.8, 4) is 41.0 Å². The first-order valence-corrected chi connectivity index (χ1v) is 9.21. The van der Waals surface area contributed by atoms with Crippen LogP contribution in [0.3, 0.4) is 0 Å². The van der Waals surface area contributed by atoms with Crippen LogP contribution in [0.5, 0.6) is 17.2 Å². The molecule has 0 amide bonds. The van der Waals surface area contributed by atoms with Crippen LogP contribution in [0.2, 0.25) is 0 Å². The summed E-state index contributed by atoms with van der Waals surface area (Å²) in [7, 11) is 1.61. The monoisotopic (exact) mass is 410 g/mol. The van der Waals surface area contributed by atoms with Gasteiger partial charge in [0.15, 0.2) is 11.5 Å². The summed E-state index contributed by atoms with van der Waals surface area (Å²) in [5.41, 5.74) is 1.58. The fourth-order valence-electron chi connectivity index (χ4n) is 2.51. The molecule has 0 spiro atoms. The van der Waals surface area contributed by atoms with E-state index >= 15 is 0 Å². The Morgan fingerprint density at radius 1 is 1.17 bits per heavy atom. The van der Waals surface area contributed by atoms with Crippen molar-refractivity contribution in [2.75, 3.05) is 20.3 Å². The highest BCUT2D eigenvalue weighted by Crippen LogP contribution is 2.31. The number of methoxy groups -OCH3 is 1. The van der Waals surface area contributed by atoms with Crippen molar-refractivity contribution in [3.05, 3.63) is 53.9 Å². The zero-order chi connectivity index (χ0) is 20.6. The predicted molar refractivity (Wildman–Crippen MR) is 112 cm³/mol. The fraction of sp³-hybridized carbons (Fsp3) is 0.182. The minimum atomic E-state index is 0.159. The highest BCUT2D eigenvalue weighted by atomic mass is 35.5. The molecule has 29 heavy (non-hydrogen) atoms. The van der Waals surface area contributed by atoms with Crippen LogP contribution in [-0.2, 0) is 0 Å². The molecule has 1 heterocycles. The van der Waals surface area contributed by atoms with E-state index in [1.165, 1.54) is 0 Å². The number of halogens is 1. The first-order chi connectivity index (χ1) is 14.1. The number of hydrogen-bond acceptors (Lipinski definition) is 6. The molecule has 2 aromatic carbocycles. The van der Waals surface area contributed by atoms with Gasteiger partial charge in [0, 0.05) is 5.56 Å². The summed E-state index contributed by atoms with van der Waals surface area (Å²) < 4.78 is 21.5. The summed E-state index contributed by atoms with van der Waals surface area (Å²) in [6.07, 6.45) is 6.96. The van der Waals surface area contributed by atoms with E-state index in [1.54, 1.807) is 25.3 Å². The average molecular weight is 411 g/mol. The van der Waals surface area contributed by atoms with Gasteiger partial charge in [0.2, 0.25) is 5.82 Å². The molecule has 3 rings (SSSR count). The lowest BCUT2D eigenvalue weighted by Crippen LogP contribution is -1.99. The van der Waals surface area contributed by atoms with E-state index in [0.717, 1.165) is 16.9 Å². The van der Waals surface area contributed by atoms with E-state index in [2.05, 4.69) is 16.1 Å². The SMILES string of the molecule is C#CCOc1ccc(/C=C(\Cl)c2nc(-c3ccc(OC)cc3)no2)cc1OCC. The molecule has 0 aliphatic rings. The normalized spacial score (nSPS) is 11.0. The number of hydrogen-bond donors (Lipinski definition) is 0. The second-order valence-electron chi connectivity index (χ2n) is 5.78. The van der Waals surface area contributed by atoms with Gasteiger partial charge in [-0.3, -0.25) is 0 Å². The number of terminal acetylenes is 1. The van der Waals surface area contributed by atoms with Gasteiger partial charge in [-0.2, -0.15) is 4.98 Å². The van der Waals surface area contributed by atoms with Crippen LogP contribution in [-0.4, -0.2) is 30.5 Å². The molecule has 0 aliphatic heterocycles. The van der Waals surface area contributed by atoms with Crippen LogP contribution in [0.1, 0.15) is 18.4 Å². The Morgan fingerprint density at radius 2 is 1.97 bits per heavy atom. The van der Waals surface area contributed by atoms with Gasteiger partial charge < -0.3 is 18.7 Å². The summed E-state index contributed by atoms with van der Waals surface area (Å²) in [4.78, 5) is 4.35. The van der Waals surface area contributed by atoms with Crippen LogP contribution in [0.25, 0.3) is 22.5 Å². The quantitative estimate of drug-likeness (QED) is 0.492. The first-order valence-electron chi connectivity index (χ1n) is 8.83. The number of benzene rings is 2. The fourth-order valence-corrected chi connectivity index (χ4v) is 2.71. The second kappa shape index (κ2) is 9.67. The maximum absolute atomic E-state index is 6.39. The third kappa shape index (κ3) is 5.09. The van der Waals surface area contributed by atoms with Gasteiger partial charge in [0.25, 0.3) is 5.89 Å². The largest absolute Gasteiger partial charge is 0.497 e. The van der Waals surface area contributed by atoms with E-state index in [-0.39, 0.29) is 12.5 Å². The summed E-state index contributed by atoms with van der Waals surface area (Å²) in [6.45, 7) is 2.54. The zero-order valence-corrected chi connectivity index (χ0v) is 16.8. The summed E-state index contributed by atoms with van der Waals surface area (Å²) >= 11 is 6.39. The van der Waals surface area contributed by atoms with Crippen LogP contribution in [0, 0.1) is 12.3 Å². The van der Waals surface area contributed by atoms with Gasteiger partial charge >= 0.3 is 0 Å². The van der Waals surface area contributed by atoms with Crippen molar-refractivity contribution in [3.63, 3.8) is 0 Å². The number of nitrogens with zero attached hydrogens (tertiary/aromatic N) is 2. The van der Waals surface area contributed by atoms with Crippen LogP contribution in [0.15, 0.2) is 47.0 Å². The van der Waals surface area contributed by atoms with Crippen LogP contribution < -0.4 is 14.2 Å². The summed E-state index contributed by atoms with van der Waals surface area (Å²) in [6, 6.07) is 12.7. The third-order valence-corrected chi connectivity index (χ3v) is 4.12. The molecule has 0 saturated carbocycles. The molecular formula is C22H19ClN2O4. The maximum atomic E-state index is 6.39. The molecule has 0 aliphatic carbocycles. The molecule has 0 bridgehead atoms. The highest BCUT2D eigenvalue weighted by molar-refractivity contribution is 6.50. The van der Waals surface area contributed by atoms with Gasteiger partial charge in [0.05, 0.1) is 13.7 Å². The average Bonchev–Trinajstić information content (AvgIpc) is 3.24. The standard InChI is InChI=1S/C22H19ClN2O4/c1-4-12-28-19-11-6-15(14-20(19)27-5-2)13-18(23)22-24-21(25-29-22)16-7-9-17(26-3)10-8-16/h1,6-11,13-14H,5,12H2,2-3H3/b18-13-. The van der Waals surface area contributed by atoms with Gasteiger partial charge in [0.1, 0.15) is 17.4 Å². The van der Waals surface area contributed by atoms with E-state index in [9.17, 15) is 0 Å². The third-order valence-electron chi connectivity index (χ3n) is 3.85. The molecule has 0 radical (unpaired) electrons. The highest BCUT2D eigenvalue weighted by Gasteiger charge is 2.13. The Balaban J connectivity index is 1.82. The predicted octanol–water partition coefficient (Wildman–Crippen LogP) is 4.89. The Hall–Kier alpha value is -3.43. The Bertz CT molecular complexity index is 1040. The number of aromatic nitrogens is 2. The first kappa shape index (κ1) is 20.3. The van der Waals surface area contributed by atoms with Crippen LogP contribution in [0.4, 0.5) is 0 Å². The Morgan fingerprint density at radius 3 is 2.66 bits per heavy atom. The van der Waals surface area contributed by atoms with Crippen molar-refractivity contribution < 1.29 is 18.7 Å². The lowest BCUT2D eigenvalue weighted by Gasteiger charge is -2.11.